The van der Waals surface area contributed by atoms with Gasteiger partial charge in [-0.3, -0.25) is 0 Å². The van der Waals surface area contributed by atoms with Gasteiger partial charge < -0.3 is 9.63 Å². The van der Waals surface area contributed by atoms with Gasteiger partial charge >= 0.3 is 0 Å². The Morgan fingerprint density at radius 3 is 3.05 bits per heavy atom. The van der Waals surface area contributed by atoms with E-state index < -0.39 is 0 Å². The van der Waals surface area contributed by atoms with E-state index in [9.17, 15) is 0 Å². The Morgan fingerprint density at radius 1 is 1.33 bits per heavy atom. The fourth-order valence-electron chi connectivity index (χ4n) is 1.85. The van der Waals surface area contributed by atoms with E-state index in [0.29, 0.717) is 24.7 Å². The quantitative estimate of drug-likeness (QED) is 0.753. The maximum Gasteiger partial charge on any atom is 0.248 e. The average molecular weight is 350 g/mol. The highest BCUT2D eigenvalue weighted by atomic mass is 79.9. The molecular weight excluding hydrogens is 338 g/mol. The molecule has 1 aromatic carbocycles. The van der Waals surface area contributed by atoms with E-state index in [-0.39, 0.29) is 6.61 Å². The molecule has 21 heavy (non-hydrogen) atoms. The van der Waals surface area contributed by atoms with Crippen LogP contribution in [0.15, 0.2) is 39.5 Å². The number of aromatic nitrogens is 5. The van der Waals surface area contributed by atoms with Crippen LogP contribution < -0.4 is 0 Å². The van der Waals surface area contributed by atoms with Gasteiger partial charge in [0.1, 0.15) is 6.54 Å². The number of rotatable bonds is 5. The molecule has 0 bridgehead atoms. The smallest absolute Gasteiger partial charge is 0.248 e. The molecule has 2 heterocycles. The zero-order chi connectivity index (χ0) is 14.7. The summed E-state index contributed by atoms with van der Waals surface area (Å²) in [6.07, 6.45) is 2.23. The second-order valence-electron chi connectivity index (χ2n) is 4.40. The van der Waals surface area contributed by atoms with Crippen molar-refractivity contribution < 1.29 is 9.63 Å². The first-order chi connectivity index (χ1) is 10.2. The molecule has 0 amide bonds. The Hall–Kier alpha value is -2.06. The van der Waals surface area contributed by atoms with Gasteiger partial charge in [-0.25, -0.2) is 4.68 Å². The molecule has 8 heteroatoms. The molecule has 3 rings (SSSR count). The van der Waals surface area contributed by atoms with E-state index in [0.717, 1.165) is 15.7 Å². The molecule has 2 aromatic heterocycles. The summed E-state index contributed by atoms with van der Waals surface area (Å²) in [6, 6.07) is 7.67. The minimum absolute atomic E-state index is 0.0479. The lowest BCUT2D eigenvalue weighted by Crippen LogP contribution is -2.00. The topological polar surface area (TPSA) is 89.9 Å². The summed E-state index contributed by atoms with van der Waals surface area (Å²) in [5, 5.41) is 20.7. The van der Waals surface area contributed by atoms with Crippen LogP contribution in [0.5, 0.6) is 0 Å². The predicted molar refractivity (Wildman–Crippen MR) is 77.3 cm³/mol. The maximum atomic E-state index is 8.85. The van der Waals surface area contributed by atoms with Gasteiger partial charge in [0, 0.05) is 29.3 Å². The molecule has 3 aromatic rings. The van der Waals surface area contributed by atoms with E-state index in [2.05, 4.69) is 36.4 Å². The first kappa shape index (κ1) is 13.9. The van der Waals surface area contributed by atoms with Crippen LogP contribution in [0.2, 0.25) is 0 Å². The maximum absolute atomic E-state index is 8.85. The molecule has 0 fully saturated rings. The minimum Gasteiger partial charge on any atom is -0.396 e. The van der Waals surface area contributed by atoms with Crippen molar-refractivity contribution in [3.8, 4) is 11.4 Å². The van der Waals surface area contributed by atoms with Crippen LogP contribution in [-0.2, 0) is 13.0 Å². The molecule has 0 spiro atoms. The fourth-order valence-corrected chi connectivity index (χ4v) is 2.25. The summed E-state index contributed by atoms with van der Waals surface area (Å²) >= 11 is 3.41. The van der Waals surface area contributed by atoms with Gasteiger partial charge in [-0.15, -0.1) is 5.10 Å². The Labute approximate surface area is 128 Å². The van der Waals surface area contributed by atoms with Crippen molar-refractivity contribution in [2.24, 2.45) is 0 Å². The van der Waals surface area contributed by atoms with Crippen LogP contribution in [0, 0.1) is 0 Å². The highest BCUT2D eigenvalue weighted by Gasteiger charge is 2.10. The summed E-state index contributed by atoms with van der Waals surface area (Å²) in [6.45, 7) is 0.395. The van der Waals surface area contributed by atoms with Gasteiger partial charge in [-0.2, -0.15) is 4.98 Å². The lowest BCUT2D eigenvalue weighted by atomic mass is 10.2. The first-order valence-electron chi connectivity index (χ1n) is 6.33. The lowest BCUT2D eigenvalue weighted by Gasteiger charge is -1.94. The monoisotopic (exact) mass is 349 g/mol. The Bertz CT molecular complexity index is 740. The van der Waals surface area contributed by atoms with Crippen LogP contribution in [0.4, 0.5) is 0 Å². The molecule has 7 nitrogen and oxygen atoms in total. The Balaban J connectivity index is 1.75. The highest BCUT2D eigenvalue weighted by Crippen LogP contribution is 2.20. The molecule has 0 radical (unpaired) electrons. The molecule has 0 aliphatic heterocycles. The van der Waals surface area contributed by atoms with Crippen LogP contribution >= 0.6 is 15.9 Å². The molecule has 108 valence electrons. The highest BCUT2D eigenvalue weighted by molar-refractivity contribution is 9.10. The zero-order valence-corrected chi connectivity index (χ0v) is 12.6. The van der Waals surface area contributed by atoms with Gasteiger partial charge in [0.15, 0.2) is 0 Å². The number of hydrogen-bond donors (Lipinski definition) is 1. The van der Waals surface area contributed by atoms with Crippen LogP contribution in [0.3, 0.4) is 0 Å². The zero-order valence-electron chi connectivity index (χ0n) is 11.0. The van der Waals surface area contributed by atoms with Gasteiger partial charge in [0.25, 0.3) is 0 Å². The summed E-state index contributed by atoms with van der Waals surface area (Å²) < 4.78 is 7.77. The number of aliphatic hydroxyl groups excluding tert-OH is 1. The first-order valence-corrected chi connectivity index (χ1v) is 7.12. The van der Waals surface area contributed by atoms with Gasteiger partial charge in [0.05, 0.1) is 5.69 Å². The third-order valence-electron chi connectivity index (χ3n) is 2.80. The van der Waals surface area contributed by atoms with Crippen molar-refractivity contribution in [3.63, 3.8) is 0 Å². The fraction of sp³-hybridized carbons (Fsp3) is 0.231. The van der Waals surface area contributed by atoms with Gasteiger partial charge in [-0.1, -0.05) is 38.4 Å². The largest absolute Gasteiger partial charge is 0.396 e. The molecule has 1 N–H and O–H groups in total. The van der Waals surface area contributed by atoms with Crippen molar-refractivity contribution in [1.29, 1.82) is 0 Å². The van der Waals surface area contributed by atoms with Gasteiger partial charge in [0.2, 0.25) is 11.7 Å². The number of aliphatic hydroxyl groups is 1. The second-order valence-corrected chi connectivity index (χ2v) is 5.32. The van der Waals surface area contributed by atoms with Crippen molar-refractivity contribution in [3.05, 3.63) is 46.5 Å². The average Bonchev–Trinajstić information content (AvgIpc) is 3.10. The second kappa shape index (κ2) is 6.15. The lowest BCUT2D eigenvalue weighted by molar-refractivity contribution is 0.298. The molecule has 0 atom stereocenters. The number of nitrogens with zero attached hydrogens (tertiary/aromatic N) is 5. The van der Waals surface area contributed by atoms with Crippen molar-refractivity contribution >= 4 is 15.9 Å². The van der Waals surface area contributed by atoms with Crippen LogP contribution in [0.25, 0.3) is 11.4 Å². The molecular formula is C13H12BrN5O2. The molecule has 0 aliphatic rings. The number of halogens is 1. The predicted octanol–water partition coefficient (Wildman–Crippen LogP) is 1.67. The standard InChI is InChI=1S/C13H12BrN5O2/c14-10-3-1-2-9(6-10)13-15-12(21-17-13)8-19-7-11(4-5-20)16-18-19/h1-3,6-7,20H,4-5,8H2. The Kier molecular flexibility index (Phi) is 4.07. The summed E-state index contributed by atoms with van der Waals surface area (Å²) in [5.74, 6) is 0.979. The molecule has 0 saturated heterocycles. The minimum atomic E-state index is 0.0479. The number of benzene rings is 1. The van der Waals surface area contributed by atoms with E-state index in [1.54, 1.807) is 10.9 Å². The summed E-state index contributed by atoms with van der Waals surface area (Å²) in [7, 11) is 0. The number of hydrogen-bond acceptors (Lipinski definition) is 6. The third kappa shape index (κ3) is 3.34. The SMILES string of the molecule is OCCc1cn(Cc2nc(-c3cccc(Br)c3)no2)nn1. The van der Waals surface area contributed by atoms with Crippen molar-refractivity contribution in [2.45, 2.75) is 13.0 Å². The van der Waals surface area contributed by atoms with E-state index in [1.807, 2.05) is 24.3 Å². The van der Waals surface area contributed by atoms with E-state index >= 15 is 0 Å². The summed E-state index contributed by atoms with van der Waals surface area (Å²) in [5.41, 5.74) is 1.60. The molecule has 0 saturated carbocycles. The Morgan fingerprint density at radius 2 is 2.24 bits per heavy atom. The molecule has 0 unspecified atom stereocenters. The third-order valence-corrected chi connectivity index (χ3v) is 3.30. The van der Waals surface area contributed by atoms with E-state index in [4.69, 9.17) is 9.63 Å². The van der Waals surface area contributed by atoms with Gasteiger partial charge in [-0.05, 0) is 12.1 Å². The normalized spacial score (nSPS) is 11.0. The van der Waals surface area contributed by atoms with Crippen molar-refractivity contribution in [1.82, 2.24) is 25.1 Å². The van der Waals surface area contributed by atoms with E-state index in [1.165, 1.54) is 0 Å². The molecule has 0 aliphatic carbocycles. The summed E-state index contributed by atoms with van der Waals surface area (Å²) in [4.78, 5) is 4.34. The van der Waals surface area contributed by atoms with Crippen molar-refractivity contribution in [2.75, 3.05) is 6.61 Å². The van der Waals surface area contributed by atoms with Crippen LogP contribution in [0.1, 0.15) is 11.6 Å². The van der Waals surface area contributed by atoms with Crippen LogP contribution in [-0.4, -0.2) is 36.8 Å².